The Bertz CT molecular complexity index is 142. The molecule has 0 saturated heterocycles. The molecule has 2 heteroatoms. The topological polar surface area (TPSA) is 37.3 Å². The van der Waals surface area contributed by atoms with Gasteiger partial charge in [-0.05, 0) is 18.3 Å². The van der Waals surface area contributed by atoms with Crippen LogP contribution >= 0.6 is 0 Å². The molecule has 1 rings (SSSR count). The smallest absolute Gasteiger partial charge is 0.306 e. The SMILES string of the molecule is CCC(C)[C@@H]1C[C@H]1C(=O)O. The van der Waals surface area contributed by atoms with Crippen molar-refractivity contribution in [3.63, 3.8) is 0 Å². The normalized spacial score (nSPS) is 33.4. The van der Waals surface area contributed by atoms with Gasteiger partial charge in [0, 0.05) is 0 Å². The Morgan fingerprint density at radius 1 is 1.80 bits per heavy atom. The maximum absolute atomic E-state index is 10.4. The monoisotopic (exact) mass is 142 g/mol. The van der Waals surface area contributed by atoms with Gasteiger partial charge < -0.3 is 5.11 Å². The van der Waals surface area contributed by atoms with Gasteiger partial charge in [0.15, 0.2) is 0 Å². The lowest BCUT2D eigenvalue weighted by atomic mass is 10.0. The molecule has 0 aromatic heterocycles. The molecule has 1 aliphatic rings. The Hall–Kier alpha value is -0.530. The number of aliphatic carboxylic acids is 1. The van der Waals surface area contributed by atoms with Gasteiger partial charge in [0.1, 0.15) is 0 Å². The fourth-order valence-electron chi connectivity index (χ4n) is 1.43. The van der Waals surface area contributed by atoms with Crippen LogP contribution in [-0.4, -0.2) is 11.1 Å². The molecular formula is C8H14O2. The predicted molar refractivity (Wildman–Crippen MR) is 38.7 cm³/mol. The van der Waals surface area contributed by atoms with Crippen LogP contribution in [0.25, 0.3) is 0 Å². The van der Waals surface area contributed by atoms with E-state index >= 15 is 0 Å². The molecule has 2 nitrogen and oxygen atoms in total. The van der Waals surface area contributed by atoms with Gasteiger partial charge in [-0.1, -0.05) is 20.3 Å². The third-order valence-electron chi connectivity index (χ3n) is 2.53. The molecule has 10 heavy (non-hydrogen) atoms. The van der Waals surface area contributed by atoms with Crippen LogP contribution in [0.4, 0.5) is 0 Å². The highest BCUT2D eigenvalue weighted by molar-refractivity contribution is 5.73. The van der Waals surface area contributed by atoms with E-state index in [2.05, 4.69) is 13.8 Å². The number of hydrogen-bond acceptors (Lipinski definition) is 1. The van der Waals surface area contributed by atoms with Crippen molar-refractivity contribution >= 4 is 5.97 Å². The minimum atomic E-state index is -0.606. The molecule has 1 saturated carbocycles. The van der Waals surface area contributed by atoms with Crippen LogP contribution in [0.1, 0.15) is 26.7 Å². The first kappa shape index (κ1) is 7.58. The molecule has 0 heterocycles. The van der Waals surface area contributed by atoms with E-state index in [0.717, 1.165) is 12.8 Å². The number of carboxylic acids is 1. The van der Waals surface area contributed by atoms with Crippen molar-refractivity contribution in [3.8, 4) is 0 Å². The lowest BCUT2D eigenvalue weighted by Gasteiger charge is -2.04. The van der Waals surface area contributed by atoms with Crippen molar-refractivity contribution in [1.82, 2.24) is 0 Å². The molecule has 0 aromatic rings. The summed E-state index contributed by atoms with van der Waals surface area (Å²) in [7, 11) is 0. The summed E-state index contributed by atoms with van der Waals surface area (Å²) in [6, 6.07) is 0. The number of carbonyl (C=O) groups is 1. The van der Waals surface area contributed by atoms with Gasteiger partial charge in [-0.15, -0.1) is 0 Å². The lowest BCUT2D eigenvalue weighted by Crippen LogP contribution is -2.04. The Kier molecular flexibility index (Phi) is 1.97. The minimum absolute atomic E-state index is 0.0186. The largest absolute Gasteiger partial charge is 0.481 e. The Morgan fingerprint density at radius 3 is 2.70 bits per heavy atom. The summed E-state index contributed by atoms with van der Waals surface area (Å²) in [6.07, 6.45) is 2.01. The molecule has 3 atom stereocenters. The zero-order valence-corrected chi connectivity index (χ0v) is 6.50. The molecule has 1 unspecified atom stereocenters. The van der Waals surface area contributed by atoms with Crippen LogP contribution in [0.2, 0.25) is 0 Å². The molecule has 0 bridgehead atoms. The zero-order valence-electron chi connectivity index (χ0n) is 6.50. The number of carboxylic acid groups (broad SMARTS) is 1. The third-order valence-corrected chi connectivity index (χ3v) is 2.53. The second-order valence-electron chi connectivity index (χ2n) is 3.23. The second-order valence-corrected chi connectivity index (χ2v) is 3.23. The van der Waals surface area contributed by atoms with E-state index in [9.17, 15) is 4.79 Å². The van der Waals surface area contributed by atoms with Crippen molar-refractivity contribution in [2.24, 2.45) is 17.8 Å². The lowest BCUT2D eigenvalue weighted by molar-refractivity contribution is -0.139. The van der Waals surface area contributed by atoms with E-state index in [1.165, 1.54) is 0 Å². The summed E-state index contributed by atoms with van der Waals surface area (Å²) < 4.78 is 0. The summed E-state index contributed by atoms with van der Waals surface area (Å²) in [4.78, 5) is 10.4. The van der Waals surface area contributed by atoms with Gasteiger partial charge >= 0.3 is 5.97 Å². The molecule has 0 radical (unpaired) electrons. The molecule has 0 amide bonds. The molecule has 1 aliphatic carbocycles. The van der Waals surface area contributed by atoms with Crippen LogP contribution in [0.5, 0.6) is 0 Å². The van der Waals surface area contributed by atoms with Crippen LogP contribution in [0.15, 0.2) is 0 Å². The molecule has 0 spiro atoms. The first-order valence-corrected chi connectivity index (χ1v) is 3.89. The molecule has 0 aromatic carbocycles. The van der Waals surface area contributed by atoms with E-state index in [-0.39, 0.29) is 5.92 Å². The summed E-state index contributed by atoms with van der Waals surface area (Å²) >= 11 is 0. The standard InChI is InChI=1S/C8H14O2/c1-3-5(2)6-4-7(6)8(9)10/h5-7H,3-4H2,1-2H3,(H,9,10)/t5?,6-,7+/m0/s1. The molecule has 1 N–H and O–H groups in total. The van der Waals surface area contributed by atoms with Crippen LogP contribution in [0, 0.1) is 17.8 Å². The van der Waals surface area contributed by atoms with Gasteiger partial charge in [-0.3, -0.25) is 4.79 Å². The van der Waals surface area contributed by atoms with E-state index in [4.69, 9.17) is 5.11 Å². The highest BCUT2D eigenvalue weighted by Gasteiger charge is 2.45. The Balaban J connectivity index is 2.31. The van der Waals surface area contributed by atoms with Crippen LogP contribution in [-0.2, 0) is 4.79 Å². The van der Waals surface area contributed by atoms with Gasteiger partial charge in [0.25, 0.3) is 0 Å². The maximum Gasteiger partial charge on any atom is 0.306 e. The van der Waals surface area contributed by atoms with Gasteiger partial charge in [0.05, 0.1) is 5.92 Å². The Morgan fingerprint density at radius 2 is 2.40 bits per heavy atom. The summed E-state index contributed by atoms with van der Waals surface area (Å²) in [5, 5.41) is 8.57. The average Bonchev–Trinajstić information content (AvgIpc) is 2.64. The highest BCUT2D eigenvalue weighted by Crippen LogP contribution is 2.45. The van der Waals surface area contributed by atoms with Crippen molar-refractivity contribution in [2.75, 3.05) is 0 Å². The summed E-state index contributed by atoms with van der Waals surface area (Å²) in [6.45, 7) is 4.25. The van der Waals surface area contributed by atoms with E-state index in [0.29, 0.717) is 11.8 Å². The fraction of sp³-hybridized carbons (Fsp3) is 0.875. The van der Waals surface area contributed by atoms with Crippen LogP contribution in [0.3, 0.4) is 0 Å². The second kappa shape index (κ2) is 2.60. The quantitative estimate of drug-likeness (QED) is 0.651. The third kappa shape index (κ3) is 1.31. The van der Waals surface area contributed by atoms with Crippen molar-refractivity contribution in [3.05, 3.63) is 0 Å². The summed E-state index contributed by atoms with van der Waals surface area (Å²) in [5.74, 6) is 0.448. The van der Waals surface area contributed by atoms with Crippen molar-refractivity contribution in [2.45, 2.75) is 26.7 Å². The van der Waals surface area contributed by atoms with E-state index < -0.39 is 5.97 Å². The average molecular weight is 142 g/mol. The van der Waals surface area contributed by atoms with Crippen molar-refractivity contribution < 1.29 is 9.90 Å². The zero-order chi connectivity index (χ0) is 7.72. The first-order valence-electron chi connectivity index (χ1n) is 3.89. The molecule has 58 valence electrons. The van der Waals surface area contributed by atoms with Crippen LogP contribution < -0.4 is 0 Å². The fourth-order valence-corrected chi connectivity index (χ4v) is 1.43. The first-order chi connectivity index (χ1) is 4.66. The minimum Gasteiger partial charge on any atom is -0.481 e. The summed E-state index contributed by atoms with van der Waals surface area (Å²) in [5.41, 5.74) is 0. The highest BCUT2D eigenvalue weighted by atomic mass is 16.4. The predicted octanol–water partition coefficient (Wildman–Crippen LogP) is 1.75. The van der Waals surface area contributed by atoms with Gasteiger partial charge in [-0.25, -0.2) is 0 Å². The number of rotatable bonds is 3. The van der Waals surface area contributed by atoms with Gasteiger partial charge in [-0.2, -0.15) is 0 Å². The van der Waals surface area contributed by atoms with E-state index in [1.807, 2.05) is 0 Å². The van der Waals surface area contributed by atoms with Crippen molar-refractivity contribution in [1.29, 1.82) is 0 Å². The molecular weight excluding hydrogens is 128 g/mol. The van der Waals surface area contributed by atoms with E-state index in [1.54, 1.807) is 0 Å². The molecule has 1 fully saturated rings. The Labute approximate surface area is 61.2 Å². The molecule has 0 aliphatic heterocycles. The van der Waals surface area contributed by atoms with Gasteiger partial charge in [0.2, 0.25) is 0 Å². The number of hydrogen-bond donors (Lipinski definition) is 1. The maximum atomic E-state index is 10.4.